The van der Waals surface area contributed by atoms with Crippen LogP contribution in [0.3, 0.4) is 0 Å². The fourth-order valence-corrected chi connectivity index (χ4v) is 5.52. The number of nitrogens with one attached hydrogen (secondary N) is 1. The Bertz CT molecular complexity index is 1290. The molecule has 0 amide bonds. The number of halogens is 3. The second-order valence-electron chi connectivity index (χ2n) is 10.5. The Morgan fingerprint density at radius 2 is 1.63 bits per heavy atom. The molecule has 5 nitrogen and oxygen atoms in total. The standard InChI is InChI=1S/C30H34F3NO4/c31-30(32,33)24-11-5-8-21(18-24)13-17-26(35)22-9-3-1-6-20(7-2-4-10-22)12-16-27(36)23-14-15-25-28(19-23)38-29(37)34-25/h5,8,11,14-15,18-20,22H,1-4,6-7,9-10,12-13,16-17H2,(H,34,37). The molecule has 1 fully saturated rings. The van der Waals surface area contributed by atoms with Crippen molar-refractivity contribution in [3.05, 3.63) is 69.7 Å². The van der Waals surface area contributed by atoms with E-state index in [-0.39, 0.29) is 23.9 Å². The van der Waals surface area contributed by atoms with Gasteiger partial charge in [0.2, 0.25) is 0 Å². The van der Waals surface area contributed by atoms with Gasteiger partial charge >= 0.3 is 11.9 Å². The summed E-state index contributed by atoms with van der Waals surface area (Å²) in [5.41, 5.74) is 1.38. The summed E-state index contributed by atoms with van der Waals surface area (Å²) in [5.74, 6) is 0.0914. The predicted octanol–water partition coefficient (Wildman–Crippen LogP) is 7.67. The molecule has 0 spiro atoms. The van der Waals surface area contributed by atoms with Crippen molar-refractivity contribution in [2.75, 3.05) is 0 Å². The largest absolute Gasteiger partial charge is 0.417 e. The first kappa shape index (κ1) is 27.9. The maximum Gasteiger partial charge on any atom is 0.417 e. The van der Waals surface area contributed by atoms with E-state index < -0.39 is 17.5 Å². The van der Waals surface area contributed by atoms with Crippen LogP contribution >= 0.6 is 0 Å². The number of aromatic amines is 1. The summed E-state index contributed by atoms with van der Waals surface area (Å²) in [7, 11) is 0. The van der Waals surface area contributed by atoms with Crippen molar-refractivity contribution in [2.45, 2.75) is 83.2 Å². The molecule has 0 radical (unpaired) electrons. The van der Waals surface area contributed by atoms with Gasteiger partial charge in [-0.1, -0.05) is 56.7 Å². The van der Waals surface area contributed by atoms with Crippen LogP contribution in [0.1, 0.15) is 92.1 Å². The first-order valence-electron chi connectivity index (χ1n) is 13.5. The number of alkyl halides is 3. The van der Waals surface area contributed by atoms with Gasteiger partial charge in [-0.2, -0.15) is 13.2 Å². The van der Waals surface area contributed by atoms with E-state index in [1.54, 1.807) is 24.3 Å². The number of fused-ring (bicyclic) bond motifs is 1. The molecule has 38 heavy (non-hydrogen) atoms. The van der Waals surface area contributed by atoms with E-state index >= 15 is 0 Å². The van der Waals surface area contributed by atoms with Crippen molar-refractivity contribution in [1.82, 2.24) is 4.98 Å². The molecule has 0 saturated heterocycles. The van der Waals surface area contributed by atoms with Gasteiger partial charge in [0.25, 0.3) is 0 Å². The van der Waals surface area contributed by atoms with Crippen LogP contribution in [0.2, 0.25) is 0 Å². The Balaban J connectivity index is 1.22. The van der Waals surface area contributed by atoms with Crippen molar-refractivity contribution in [2.24, 2.45) is 11.8 Å². The van der Waals surface area contributed by atoms with Gasteiger partial charge in [-0.15, -0.1) is 0 Å². The molecule has 0 bridgehead atoms. The van der Waals surface area contributed by atoms with Crippen LogP contribution in [0.5, 0.6) is 0 Å². The predicted molar refractivity (Wildman–Crippen MR) is 139 cm³/mol. The first-order chi connectivity index (χ1) is 18.2. The van der Waals surface area contributed by atoms with E-state index in [4.69, 9.17) is 4.42 Å². The van der Waals surface area contributed by atoms with Crippen LogP contribution in [0.4, 0.5) is 13.2 Å². The summed E-state index contributed by atoms with van der Waals surface area (Å²) in [4.78, 5) is 39.5. The van der Waals surface area contributed by atoms with Crippen LogP contribution in [0.25, 0.3) is 11.1 Å². The molecule has 1 N–H and O–H groups in total. The van der Waals surface area contributed by atoms with Crippen LogP contribution < -0.4 is 5.76 Å². The van der Waals surface area contributed by atoms with E-state index in [2.05, 4.69) is 4.98 Å². The molecule has 2 aromatic carbocycles. The van der Waals surface area contributed by atoms with Gasteiger partial charge in [-0.05, 0) is 61.4 Å². The van der Waals surface area contributed by atoms with E-state index in [1.165, 1.54) is 6.07 Å². The molecule has 0 aliphatic heterocycles. The van der Waals surface area contributed by atoms with Gasteiger partial charge in [0, 0.05) is 24.3 Å². The van der Waals surface area contributed by atoms with Crippen LogP contribution in [0, 0.1) is 11.8 Å². The number of ketones is 2. The normalized spacial score (nSPS) is 19.3. The number of H-pyrrole nitrogens is 1. The molecule has 1 heterocycles. The van der Waals surface area contributed by atoms with Crippen molar-refractivity contribution in [3.8, 4) is 0 Å². The average molecular weight is 530 g/mol. The van der Waals surface area contributed by atoms with Crippen molar-refractivity contribution in [1.29, 1.82) is 0 Å². The molecule has 8 heteroatoms. The summed E-state index contributed by atoms with van der Waals surface area (Å²) >= 11 is 0. The highest BCUT2D eigenvalue weighted by atomic mass is 19.4. The lowest BCUT2D eigenvalue weighted by molar-refractivity contribution is -0.137. The highest BCUT2D eigenvalue weighted by Crippen LogP contribution is 2.31. The Hall–Kier alpha value is -3.16. The summed E-state index contributed by atoms with van der Waals surface area (Å²) in [6.45, 7) is 0. The second kappa shape index (κ2) is 12.6. The molecular formula is C30H34F3NO4. The van der Waals surface area contributed by atoms with Gasteiger partial charge in [0.15, 0.2) is 11.4 Å². The lowest BCUT2D eigenvalue weighted by atomic mass is 9.83. The highest BCUT2D eigenvalue weighted by molar-refractivity contribution is 5.98. The van der Waals surface area contributed by atoms with Crippen LogP contribution in [-0.4, -0.2) is 16.6 Å². The Kier molecular flexibility index (Phi) is 9.23. The van der Waals surface area contributed by atoms with Gasteiger partial charge in [-0.25, -0.2) is 4.79 Å². The minimum absolute atomic E-state index is 0.0256. The Morgan fingerprint density at radius 3 is 2.34 bits per heavy atom. The van der Waals surface area contributed by atoms with E-state index in [9.17, 15) is 27.6 Å². The monoisotopic (exact) mass is 529 g/mol. The summed E-state index contributed by atoms with van der Waals surface area (Å²) in [6, 6.07) is 10.3. The second-order valence-corrected chi connectivity index (χ2v) is 10.5. The van der Waals surface area contributed by atoms with Crippen LogP contribution in [-0.2, 0) is 17.4 Å². The molecule has 4 rings (SSSR count). The third-order valence-electron chi connectivity index (χ3n) is 7.72. The first-order valence-corrected chi connectivity index (χ1v) is 13.5. The quantitative estimate of drug-likeness (QED) is 0.304. The lowest BCUT2D eigenvalue weighted by Crippen LogP contribution is -2.17. The molecular weight excluding hydrogens is 495 g/mol. The fraction of sp³-hybridized carbons (Fsp3) is 0.500. The molecule has 1 aromatic heterocycles. The number of Topliss-reactive ketones (excluding diaryl/α,β-unsaturated/α-hetero) is 2. The highest BCUT2D eigenvalue weighted by Gasteiger charge is 2.30. The molecule has 1 aliphatic carbocycles. The zero-order chi connectivity index (χ0) is 27.1. The van der Waals surface area contributed by atoms with Gasteiger partial charge < -0.3 is 4.42 Å². The SMILES string of the molecule is O=C(CCC1CCCCC(C(=O)CCc2cccc(C(F)(F)F)c2)CCCC1)c1ccc2[nH]c(=O)oc2c1. The van der Waals surface area contributed by atoms with Crippen LogP contribution in [0.15, 0.2) is 51.7 Å². The minimum atomic E-state index is -4.38. The Labute approximate surface area is 219 Å². The zero-order valence-corrected chi connectivity index (χ0v) is 21.4. The zero-order valence-electron chi connectivity index (χ0n) is 21.4. The number of aromatic nitrogens is 1. The number of benzene rings is 2. The third kappa shape index (κ3) is 7.68. The molecule has 1 aliphatic rings. The minimum Gasteiger partial charge on any atom is -0.408 e. The van der Waals surface area contributed by atoms with Gasteiger partial charge in [0.1, 0.15) is 5.78 Å². The summed E-state index contributed by atoms with van der Waals surface area (Å²) < 4.78 is 43.9. The maximum atomic E-state index is 13.0. The number of rotatable bonds is 8. The summed E-state index contributed by atoms with van der Waals surface area (Å²) in [6.07, 6.45) is 5.02. The van der Waals surface area contributed by atoms with Crippen molar-refractivity contribution < 1.29 is 27.2 Å². The number of oxazole rings is 1. The number of carbonyl (C=O) groups excluding carboxylic acids is 2. The number of carbonyl (C=O) groups is 2. The average Bonchev–Trinajstić information content (AvgIpc) is 3.28. The fourth-order valence-electron chi connectivity index (χ4n) is 5.52. The molecule has 204 valence electrons. The molecule has 0 unspecified atom stereocenters. The van der Waals surface area contributed by atoms with Gasteiger partial charge in [-0.3, -0.25) is 14.6 Å². The van der Waals surface area contributed by atoms with Gasteiger partial charge in [0.05, 0.1) is 11.1 Å². The third-order valence-corrected chi connectivity index (χ3v) is 7.72. The molecule has 0 atom stereocenters. The van der Waals surface area contributed by atoms with E-state index in [1.807, 2.05) is 0 Å². The lowest BCUT2D eigenvalue weighted by Gasteiger charge is -2.22. The number of hydrogen-bond donors (Lipinski definition) is 1. The number of hydrogen-bond acceptors (Lipinski definition) is 4. The molecule has 1 saturated carbocycles. The van der Waals surface area contributed by atoms with Crippen molar-refractivity contribution >= 4 is 22.7 Å². The van der Waals surface area contributed by atoms with E-state index in [0.717, 1.165) is 69.9 Å². The summed E-state index contributed by atoms with van der Waals surface area (Å²) in [5, 5.41) is 0. The van der Waals surface area contributed by atoms with Crippen molar-refractivity contribution in [3.63, 3.8) is 0 Å². The Morgan fingerprint density at radius 1 is 0.921 bits per heavy atom. The molecule has 3 aromatic rings. The van der Waals surface area contributed by atoms with E-state index in [0.29, 0.717) is 41.0 Å². The smallest absolute Gasteiger partial charge is 0.408 e. The number of aryl methyl sites for hydroxylation is 1. The maximum absolute atomic E-state index is 13.0. The topological polar surface area (TPSA) is 80.1 Å².